The first kappa shape index (κ1) is 24.0. The minimum absolute atomic E-state index is 0.0153. The van der Waals surface area contributed by atoms with E-state index >= 15 is 0 Å². The first-order valence-electron chi connectivity index (χ1n) is 9.57. The van der Waals surface area contributed by atoms with Crippen molar-refractivity contribution in [3.63, 3.8) is 0 Å². The second kappa shape index (κ2) is 9.45. The second-order valence-corrected chi connectivity index (χ2v) is 9.47. The molecule has 0 atom stereocenters. The molecular formula is C23H19F3N2O4S. The predicted molar refractivity (Wildman–Crippen MR) is 119 cm³/mol. The third-order valence-corrected chi connectivity index (χ3v) is 5.33. The minimum Gasteiger partial charge on any atom is -0.322 e. The van der Waals surface area contributed by atoms with Crippen LogP contribution in [0.2, 0.25) is 0 Å². The van der Waals surface area contributed by atoms with Gasteiger partial charge < -0.3 is 10.6 Å². The van der Waals surface area contributed by atoms with Crippen LogP contribution in [0.3, 0.4) is 0 Å². The zero-order chi connectivity index (χ0) is 24.2. The highest BCUT2D eigenvalue weighted by molar-refractivity contribution is 7.89. The Labute approximate surface area is 188 Å². The maximum atomic E-state index is 12.9. The molecule has 3 aromatic rings. The lowest BCUT2D eigenvalue weighted by Gasteiger charge is -2.11. The molecule has 0 fully saturated rings. The molecule has 0 heterocycles. The van der Waals surface area contributed by atoms with Gasteiger partial charge in [-0.1, -0.05) is 24.3 Å². The number of sulfone groups is 1. The van der Waals surface area contributed by atoms with E-state index in [4.69, 9.17) is 0 Å². The van der Waals surface area contributed by atoms with Crippen LogP contribution in [0.25, 0.3) is 0 Å². The van der Waals surface area contributed by atoms with Gasteiger partial charge in [-0.25, -0.2) is 8.42 Å². The van der Waals surface area contributed by atoms with Crippen molar-refractivity contribution in [1.82, 2.24) is 0 Å². The first-order chi connectivity index (χ1) is 15.4. The second-order valence-electron chi connectivity index (χ2n) is 7.33. The van der Waals surface area contributed by atoms with E-state index in [1.807, 2.05) is 0 Å². The van der Waals surface area contributed by atoms with Crippen molar-refractivity contribution in [2.24, 2.45) is 0 Å². The van der Waals surface area contributed by atoms with E-state index in [-0.39, 0.29) is 22.6 Å². The largest absolute Gasteiger partial charge is 0.416 e. The summed E-state index contributed by atoms with van der Waals surface area (Å²) in [7, 11) is -3.20. The molecule has 0 saturated carbocycles. The molecule has 0 bridgehead atoms. The van der Waals surface area contributed by atoms with Gasteiger partial charge in [-0.3, -0.25) is 9.59 Å². The molecule has 0 aliphatic rings. The van der Waals surface area contributed by atoms with Gasteiger partial charge in [0.15, 0.2) is 9.84 Å². The fraction of sp³-hybridized carbons (Fsp3) is 0.130. The van der Waals surface area contributed by atoms with Crippen LogP contribution in [-0.4, -0.2) is 26.5 Å². The molecule has 0 aromatic heterocycles. The summed E-state index contributed by atoms with van der Waals surface area (Å²) in [5, 5.41) is 5.04. The first-order valence-corrected chi connectivity index (χ1v) is 11.6. The van der Waals surface area contributed by atoms with E-state index in [0.717, 1.165) is 18.4 Å². The van der Waals surface area contributed by atoms with Gasteiger partial charge in [0.05, 0.1) is 11.3 Å². The Bertz CT molecular complexity index is 1290. The number of hydrogen-bond acceptors (Lipinski definition) is 4. The van der Waals surface area contributed by atoms with Crippen molar-refractivity contribution in [3.05, 3.63) is 95.1 Å². The summed E-state index contributed by atoms with van der Waals surface area (Å²) in [5.74, 6) is -1.26. The number of anilines is 2. The Morgan fingerprint density at radius 1 is 0.788 bits per heavy atom. The number of hydrogen-bond donors (Lipinski definition) is 2. The molecule has 0 radical (unpaired) electrons. The highest BCUT2D eigenvalue weighted by Gasteiger charge is 2.30. The smallest absolute Gasteiger partial charge is 0.322 e. The van der Waals surface area contributed by atoms with Crippen molar-refractivity contribution < 1.29 is 31.2 Å². The van der Waals surface area contributed by atoms with Crippen molar-refractivity contribution in [1.29, 1.82) is 0 Å². The van der Waals surface area contributed by atoms with Crippen molar-refractivity contribution in [3.8, 4) is 0 Å². The Morgan fingerprint density at radius 3 is 1.91 bits per heavy atom. The summed E-state index contributed by atoms with van der Waals surface area (Å²) >= 11 is 0. The molecule has 6 nitrogen and oxygen atoms in total. The van der Waals surface area contributed by atoms with Crippen LogP contribution in [0.5, 0.6) is 0 Å². The van der Waals surface area contributed by atoms with Crippen LogP contribution in [0.15, 0.2) is 72.8 Å². The molecule has 2 amide bonds. The fourth-order valence-corrected chi connectivity index (χ4v) is 3.77. The van der Waals surface area contributed by atoms with Crippen LogP contribution in [0, 0.1) is 0 Å². The normalized spacial score (nSPS) is 11.6. The lowest BCUT2D eigenvalue weighted by atomic mass is 10.1. The monoisotopic (exact) mass is 476 g/mol. The van der Waals surface area contributed by atoms with Gasteiger partial charge in [-0.2, -0.15) is 13.2 Å². The van der Waals surface area contributed by atoms with E-state index in [9.17, 15) is 31.2 Å². The van der Waals surface area contributed by atoms with Gasteiger partial charge in [0.2, 0.25) is 0 Å². The molecule has 3 aromatic carbocycles. The highest BCUT2D eigenvalue weighted by Crippen LogP contribution is 2.30. The van der Waals surface area contributed by atoms with Gasteiger partial charge in [0, 0.05) is 28.8 Å². The molecule has 33 heavy (non-hydrogen) atoms. The number of alkyl halides is 3. The third kappa shape index (κ3) is 6.91. The van der Waals surface area contributed by atoms with E-state index < -0.39 is 33.4 Å². The summed E-state index contributed by atoms with van der Waals surface area (Å²) in [5.41, 5.74) is 0.362. The number of carbonyl (C=O) groups is 2. The molecule has 3 rings (SSSR count). The lowest BCUT2D eigenvalue weighted by Crippen LogP contribution is -2.15. The molecular weight excluding hydrogens is 457 g/mol. The Morgan fingerprint density at radius 2 is 1.33 bits per heavy atom. The average Bonchev–Trinajstić information content (AvgIpc) is 2.73. The number of nitrogens with one attached hydrogen (secondary N) is 2. The van der Waals surface area contributed by atoms with Crippen LogP contribution in [0.4, 0.5) is 24.5 Å². The highest BCUT2D eigenvalue weighted by atomic mass is 32.2. The maximum absolute atomic E-state index is 12.9. The number of carbonyl (C=O) groups excluding carboxylic acids is 2. The Kier molecular flexibility index (Phi) is 6.87. The number of rotatable bonds is 6. The Hall–Kier alpha value is -3.66. The van der Waals surface area contributed by atoms with Crippen LogP contribution < -0.4 is 10.6 Å². The molecule has 0 unspecified atom stereocenters. The summed E-state index contributed by atoms with van der Waals surface area (Å²) < 4.78 is 61.3. The average molecular weight is 476 g/mol. The number of amides is 2. The van der Waals surface area contributed by atoms with Crippen LogP contribution >= 0.6 is 0 Å². The van der Waals surface area contributed by atoms with Gasteiger partial charge >= 0.3 is 6.18 Å². The zero-order valence-electron chi connectivity index (χ0n) is 17.3. The molecule has 0 aliphatic heterocycles. The van der Waals surface area contributed by atoms with E-state index in [1.165, 1.54) is 54.6 Å². The van der Waals surface area contributed by atoms with E-state index in [2.05, 4.69) is 10.6 Å². The van der Waals surface area contributed by atoms with Crippen LogP contribution in [0.1, 0.15) is 31.8 Å². The van der Waals surface area contributed by atoms with Gasteiger partial charge in [0.1, 0.15) is 0 Å². The quantitative estimate of drug-likeness (QED) is 0.537. The summed E-state index contributed by atoms with van der Waals surface area (Å²) in [6.07, 6.45) is -3.42. The molecule has 172 valence electrons. The summed E-state index contributed by atoms with van der Waals surface area (Å²) in [6, 6.07) is 16.2. The SMILES string of the molecule is CS(=O)(=O)Cc1ccc(C(=O)Nc2cccc(C(=O)Nc3cccc(C(F)(F)F)c3)c2)cc1. The number of benzene rings is 3. The summed E-state index contributed by atoms with van der Waals surface area (Å²) in [4.78, 5) is 25.0. The van der Waals surface area contributed by atoms with Crippen LogP contribution in [-0.2, 0) is 21.8 Å². The van der Waals surface area contributed by atoms with Gasteiger partial charge in [-0.05, 0) is 54.1 Å². The molecule has 0 saturated heterocycles. The van der Waals surface area contributed by atoms with Gasteiger partial charge in [-0.15, -0.1) is 0 Å². The third-order valence-electron chi connectivity index (χ3n) is 4.48. The molecule has 2 N–H and O–H groups in total. The van der Waals surface area contributed by atoms with Crippen molar-refractivity contribution in [2.75, 3.05) is 16.9 Å². The lowest BCUT2D eigenvalue weighted by molar-refractivity contribution is -0.137. The molecule has 0 spiro atoms. The maximum Gasteiger partial charge on any atom is 0.416 e. The fourth-order valence-electron chi connectivity index (χ4n) is 2.97. The topological polar surface area (TPSA) is 92.3 Å². The van der Waals surface area contributed by atoms with Crippen molar-refractivity contribution >= 4 is 33.0 Å². The minimum atomic E-state index is -4.53. The standard InChI is InChI=1S/C23H19F3N2O4S/c1-33(31,32)14-15-8-10-16(11-9-15)21(29)27-19-6-2-4-17(12-19)22(30)28-20-7-3-5-18(13-20)23(24,25)26/h2-13H,14H2,1H3,(H,27,29)(H,28,30). The molecule has 10 heteroatoms. The number of halogens is 3. The van der Waals surface area contributed by atoms with Crippen molar-refractivity contribution in [2.45, 2.75) is 11.9 Å². The van der Waals surface area contributed by atoms with E-state index in [1.54, 1.807) is 6.07 Å². The molecule has 0 aliphatic carbocycles. The van der Waals surface area contributed by atoms with E-state index in [0.29, 0.717) is 11.3 Å². The summed E-state index contributed by atoms with van der Waals surface area (Å²) in [6.45, 7) is 0. The predicted octanol–water partition coefficient (Wildman–Crippen LogP) is 4.75. The van der Waals surface area contributed by atoms with Gasteiger partial charge in [0.25, 0.3) is 11.8 Å². The Balaban J connectivity index is 1.69. The zero-order valence-corrected chi connectivity index (χ0v) is 18.1.